The Morgan fingerprint density at radius 3 is 2.49 bits per heavy atom. The van der Waals surface area contributed by atoms with Crippen LogP contribution in [-0.4, -0.2) is 38.2 Å². The summed E-state index contributed by atoms with van der Waals surface area (Å²) in [5.74, 6) is -3.92. The quantitative estimate of drug-likeness (QED) is 0.388. The SMILES string of the molecule is COc1ncc(NC(=O)Cc2ccc(-c3cnc(Cc4cn[nH]c4)nc3)c(F)c2)cc1C(C)(F)F. The summed E-state index contributed by atoms with van der Waals surface area (Å²) in [5, 5.41) is 9.09. The van der Waals surface area contributed by atoms with Crippen LogP contribution in [0.1, 0.15) is 29.4 Å². The molecule has 11 heteroatoms. The van der Waals surface area contributed by atoms with Crippen LogP contribution >= 0.6 is 0 Å². The van der Waals surface area contributed by atoms with Crippen LogP contribution in [-0.2, 0) is 23.6 Å². The summed E-state index contributed by atoms with van der Waals surface area (Å²) in [5.41, 5.74) is 1.74. The number of anilines is 1. The Bertz CT molecular complexity index is 1320. The van der Waals surface area contributed by atoms with Crippen LogP contribution in [0.5, 0.6) is 5.88 Å². The molecular formula is C24H21F3N6O2. The van der Waals surface area contributed by atoms with Gasteiger partial charge in [0.25, 0.3) is 5.92 Å². The van der Waals surface area contributed by atoms with E-state index in [1.54, 1.807) is 18.5 Å². The van der Waals surface area contributed by atoms with E-state index in [1.807, 2.05) is 0 Å². The number of alkyl halides is 2. The van der Waals surface area contributed by atoms with E-state index in [-0.39, 0.29) is 23.6 Å². The van der Waals surface area contributed by atoms with Gasteiger partial charge in [-0.25, -0.2) is 28.1 Å². The molecule has 4 rings (SSSR count). The number of pyridine rings is 1. The first-order valence-corrected chi connectivity index (χ1v) is 10.5. The van der Waals surface area contributed by atoms with Gasteiger partial charge in [-0.1, -0.05) is 12.1 Å². The lowest BCUT2D eigenvalue weighted by atomic mass is 10.0. The van der Waals surface area contributed by atoms with Gasteiger partial charge in [0.05, 0.1) is 37.2 Å². The van der Waals surface area contributed by atoms with E-state index in [4.69, 9.17) is 4.74 Å². The molecule has 1 amide bonds. The molecule has 3 aromatic heterocycles. The molecule has 0 fully saturated rings. The van der Waals surface area contributed by atoms with Gasteiger partial charge in [-0.05, 0) is 23.3 Å². The fourth-order valence-corrected chi connectivity index (χ4v) is 3.43. The molecule has 0 saturated carbocycles. The van der Waals surface area contributed by atoms with Gasteiger partial charge in [-0.3, -0.25) is 9.89 Å². The molecule has 0 atom stereocenters. The minimum atomic E-state index is -3.21. The number of aromatic nitrogens is 5. The third-order valence-electron chi connectivity index (χ3n) is 5.13. The number of carbonyl (C=O) groups is 1. The van der Waals surface area contributed by atoms with Gasteiger partial charge >= 0.3 is 0 Å². The molecule has 0 spiro atoms. The average molecular weight is 482 g/mol. The second-order valence-corrected chi connectivity index (χ2v) is 7.88. The molecule has 8 nitrogen and oxygen atoms in total. The zero-order chi connectivity index (χ0) is 25.0. The number of hydrogen-bond donors (Lipinski definition) is 2. The van der Waals surface area contributed by atoms with Gasteiger partial charge in [0.1, 0.15) is 11.6 Å². The Kier molecular flexibility index (Phi) is 6.76. The van der Waals surface area contributed by atoms with E-state index in [0.717, 1.165) is 11.6 Å². The largest absolute Gasteiger partial charge is 0.481 e. The van der Waals surface area contributed by atoms with Crippen LogP contribution in [0, 0.1) is 5.82 Å². The van der Waals surface area contributed by atoms with Crippen molar-refractivity contribution >= 4 is 11.6 Å². The van der Waals surface area contributed by atoms with Gasteiger partial charge in [-0.15, -0.1) is 0 Å². The number of aromatic amines is 1. The molecular weight excluding hydrogens is 461 g/mol. The zero-order valence-electron chi connectivity index (χ0n) is 18.8. The van der Waals surface area contributed by atoms with Crippen LogP contribution < -0.4 is 10.1 Å². The average Bonchev–Trinajstić information content (AvgIpc) is 3.32. The summed E-state index contributed by atoms with van der Waals surface area (Å²) in [6.07, 6.45) is 8.03. The number of hydrogen-bond acceptors (Lipinski definition) is 6. The van der Waals surface area contributed by atoms with Gasteiger partial charge < -0.3 is 10.1 Å². The molecule has 35 heavy (non-hydrogen) atoms. The topological polar surface area (TPSA) is 106 Å². The first-order chi connectivity index (χ1) is 16.7. The van der Waals surface area contributed by atoms with Crippen molar-refractivity contribution in [1.82, 2.24) is 25.1 Å². The van der Waals surface area contributed by atoms with Crippen LogP contribution in [0.25, 0.3) is 11.1 Å². The lowest BCUT2D eigenvalue weighted by Crippen LogP contribution is -2.16. The minimum absolute atomic E-state index is 0.0806. The predicted molar refractivity (Wildman–Crippen MR) is 122 cm³/mol. The highest BCUT2D eigenvalue weighted by molar-refractivity contribution is 5.92. The van der Waals surface area contributed by atoms with Crippen molar-refractivity contribution in [1.29, 1.82) is 0 Å². The van der Waals surface area contributed by atoms with Crippen molar-refractivity contribution in [3.05, 3.63) is 83.6 Å². The maximum atomic E-state index is 14.8. The van der Waals surface area contributed by atoms with Crippen molar-refractivity contribution in [2.45, 2.75) is 25.7 Å². The number of carbonyl (C=O) groups excluding carboxylic acids is 1. The minimum Gasteiger partial charge on any atom is -0.481 e. The lowest BCUT2D eigenvalue weighted by Gasteiger charge is -2.15. The molecule has 0 unspecified atom stereocenters. The normalized spacial score (nSPS) is 11.3. The summed E-state index contributed by atoms with van der Waals surface area (Å²) in [6, 6.07) is 5.49. The molecule has 0 bridgehead atoms. The predicted octanol–water partition coefficient (Wildman–Crippen LogP) is 4.29. The highest BCUT2D eigenvalue weighted by Gasteiger charge is 2.30. The smallest absolute Gasteiger partial charge is 0.275 e. The third-order valence-corrected chi connectivity index (χ3v) is 5.13. The Morgan fingerprint density at radius 2 is 1.86 bits per heavy atom. The molecule has 0 saturated heterocycles. The molecule has 1 aromatic carbocycles. The molecule has 3 heterocycles. The number of H-pyrrole nitrogens is 1. The Hall–Kier alpha value is -4.28. The molecule has 0 aliphatic carbocycles. The number of rotatable bonds is 8. The summed E-state index contributed by atoms with van der Waals surface area (Å²) in [7, 11) is 1.23. The summed E-state index contributed by atoms with van der Waals surface area (Å²) in [4.78, 5) is 24.8. The van der Waals surface area contributed by atoms with E-state index in [0.29, 0.717) is 30.3 Å². The Labute approximate surface area is 198 Å². The lowest BCUT2D eigenvalue weighted by molar-refractivity contribution is -0.115. The highest BCUT2D eigenvalue weighted by atomic mass is 19.3. The van der Waals surface area contributed by atoms with Crippen molar-refractivity contribution in [2.75, 3.05) is 12.4 Å². The molecule has 0 radical (unpaired) electrons. The second kappa shape index (κ2) is 9.92. The van der Waals surface area contributed by atoms with Gasteiger partial charge in [0, 0.05) is 43.1 Å². The molecule has 0 aliphatic rings. The molecule has 0 aliphatic heterocycles. The van der Waals surface area contributed by atoms with Crippen LogP contribution in [0.4, 0.5) is 18.9 Å². The van der Waals surface area contributed by atoms with E-state index >= 15 is 0 Å². The van der Waals surface area contributed by atoms with Crippen LogP contribution in [0.3, 0.4) is 0 Å². The van der Waals surface area contributed by atoms with Crippen molar-refractivity contribution < 1.29 is 22.7 Å². The van der Waals surface area contributed by atoms with E-state index < -0.39 is 23.2 Å². The molecule has 180 valence electrons. The molecule has 2 N–H and O–H groups in total. The second-order valence-electron chi connectivity index (χ2n) is 7.88. The van der Waals surface area contributed by atoms with E-state index in [9.17, 15) is 18.0 Å². The van der Waals surface area contributed by atoms with Crippen LogP contribution in [0.2, 0.25) is 0 Å². The van der Waals surface area contributed by atoms with Gasteiger partial charge in [-0.2, -0.15) is 5.10 Å². The number of ether oxygens (including phenoxy) is 1. The standard InChI is InChI=1S/C24H21F3N6O2/c1-24(26,27)19-8-17(13-30-23(19)35-2)33-22(34)7-14-3-4-18(20(25)5-14)16-11-28-21(29-12-16)6-15-9-31-32-10-15/h3-5,8-13H,6-7H2,1-2H3,(H,31,32)(H,33,34). The fourth-order valence-electron chi connectivity index (χ4n) is 3.43. The number of methoxy groups -OCH3 is 1. The van der Waals surface area contributed by atoms with Crippen molar-refractivity contribution in [2.24, 2.45) is 0 Å². The fraction of sp³-hybridized carbons (Fsp3) is 0.208. The first kappa shape index (κ1) is 23.9. The number of benzene rings is 1. The van der Waals surface area contributed by atoms with E-state index in [2.05, 4.69) is 30.5 Å². The molecule has 4 aromatic rings. The third kappa shape index (κ3) is 5.81. The maximum absolute atomic E-state index is 14.8. The highest BCUT2D eigenvalue weighted by Crippen LogP contribution is 2.34. The summed E-state index contributed by atoms with van der Waals surface area (Å²) < 4.78 is 47.3. The zero-order valence-corrected chi connectivity index (χ0v) is 18.8. The Balaban J connectivity index is 1.43. The van der Waals surface area contributed by atoms with Crippen molar-refractivity contribution in [3.63, 3.8) is 0 Å². The Morgan fingerprint density at radius 1 is 1.09 bits per heavy atom. The summed E-state index contributed by atoms with van der Waals surface area (Å²) in [6.45, 7) is 0.709. The van der Waals surface area contributed by atoms with Gasteiger partial charge in [0.15, 0.2) is 0 Å². The number of nitrogens with zero attached hydrogens (tertiary/aromatic N) is 4. The maximum Gasteiger partial charge on any atom is 0.275 e. The number of nitrogens with one attached hydrogen (secondary N) is 2. The van der Waals surface area contributed by atoms with E-state index in [1.165, 1.54) is 37.8 Å². The number of halogens is 3. The summed E-state index contributed by atoms with van der Waals surface area (Å²) >= 11 is 0. The first-order valence-electron chi connectivity index (χ1n) is 10.5. The van der Waals surface area contributed by atoms with Gasteiger partial charge in [0.2, 0.25) is 11.8 Å². The van der Waals surface area contributed by atoms with Crippen molar-refractivity contribution in [3.8, 4) is 17.0 Å². The van der Waals surface area contributed by atoms with Crippen LogP contribution in [0.15, 0.2) is 55.2 Å². The monoisotopic (exact) mass is 482 g/mol. The number of amides is 1.